The third-order valence-corrected chi connectivity index (χ3v) is 2.51. The molecule has 0 unspecified atom stereocenters. The summed E-state index contributed by atoms with van der Waals surface area (Å²) in [5.74, 6) is 0. The third-order valence-electron chi connectivity index (χ3n) is 2.51. The number of aromatic nitrogens is 2. The Kier molecular flexibility index (Phi) is 4.87. The molecule has 0 fully saturated rings. The van der Waals surface area contributed by atoms with Crippen molar-refractivity contribution < 1.29 is 4.74 Å². The van der Waals surface area contributed by atoms with Gasteiger partial charge in [-0.3, -0.25) is 0 Å². The molecule has 0 aliphatic carbocycles. The van der Waals surface area contributed by atoms with Crippen LogP contribution < -0.4 is 10.1 Å². The summed E-state index contributed by atoms with van der Waals surface area (Å²) >= 11 is 0. The second kappa shape index (κ2) is 5.96. The highest BCUT2D eigenvalue weighted by Crippen LogP contribution is 2.18. The zero-order valence-electron chi connectivity index (χ0n) is 11.5. The van der Waals surface area contributed by atoms with Crippen LogP contribution in [0.25, 0.3) is 0 Å². The zero-order chi connectivity index (χ0) is 12.9. The number of hydrogen-bond acceptors (Lipinski definition) is 4. The summed E-state index contributed by atoms with van der Waals surface area (Å²) in [6.45, 7) is 10.0. The number of nitrogens with zero attached hydrogens (tertiary/aromatic N) is 2. The molecule has 0 bridgehead atoms. The van der Waals surface area contributed by atoms with Crippen LogP contribution in [0.2, 0.25) is 0 Å². The van der Waals surface area contributed by atoms with Gasteiger partial charge in [0.15, 0.2) is 0 Å². The highest BCUT2D eigenvalue weighted by atomic mass is 16.5. The van der Waals surface area contributed by atoms with Crippen LogP contribution in [-0.2, 0) is 6.54 Å². The van der Waals surface area contributed by atoms with E-state index in [0.29, 0.717) is 12.6 Å². The van der Waals surface area contributed by atoms with E-state index in [9.17, 15) is 0 Å². The molecule has 0 aliphatic heterocycles. The lowest BCUT2D eigenvalue weighted by atomic mass is 9.93. The van der Waals surface area contributed by atoms with Crippen molar-refractivity contribution in [3.63, 3.8) is 0 Å². The maximum atomic E-state index is 5.55. The molecule has 1 N–H and O–H groups in total. The molecule has 0 aliphatic rings. The van der Waals surface area contributed by atoms with E-state index in [0.717, 1.165) is 24.2 Å². The number of hydrogen-bond donors (Lipinski definition) is 1. The quantitative estimate of drug-likeness (QED) is 0.853. The van der Waals surface area contributed by atoms with Crippen LogP contribution >= 0.6 is 0 Å². The predicted molar refractivity (Wildman–Crippen MR) is 69.1 cm³/mol. The molecule has 1 aromatic rings. The van der Waals surface area contributed by atoms with Gasteiger partial charge in [-0.15, -0.1) is 0 Å². The zero-order valence-corrected chi connectivity index (χ0v) is 11.5. The summed E-state index contributed by atoms with van der Waals surface area (Å²) in [5, 5.41) is 3.09. The average molecular weight is 237 g/mol. The second-order valence-electron chi connectivity index (χ2n) is 5.45. The topological polar surface area (TPSA) is 47.0 Å². The van der Waals surface area contributed by atoms with Crippen molar-refractivity contribution in [1.29, 1.82) is 0 Å². The highest BCUT2D eigenvalue weighted by Gasteiger charge is 2.11. The van der Waals surface area contributed by atoms with Crippen LogP contribution in [0, 0.1) is 12.3 Å². The first kappa shape index (κ1) is 13.9. The second-order valence-corrected chi connectivity index (χ2v) is 5.45. The van der Waals surface area contributed by atoms with Crippen LogP contribution in [0.4, 0.5) is 0 Å². The minimum Gasteiger partial charge on any atom is -0.463 e. The Morgan fingerprint density at radius 3 is 2.59 bits per heavy atom. The fraction of sp³-hybridized carbons (Fsp3) is 0.692. The Balaban J connectivity index is 2.53. The first-order valence-corrected chi connectivity index (χ1v) is 6.02. The summed E-state index contributed by atoms with van der Waals surface area (Å²) in [6.07, 6.45) is 2.82. The first-order valence-electron chi connectivity index (χ1n) is 6.02. The SMILES string of the molecule is CNCc1cnc(OCCC(C)(C)C)nc1C. The maximum Gasteiger partial charge on any atom is 0.316 e. The lowest BCUT2D eigenvalue weighted by molar-refractivity contribution is 0.228. The Labute approximate surface area is 104 Å². The van der Waals surface area contributed by atoms with E-state index in [1.54, 1.807) is 0 Å². The van der Waals surface area contributed by atoms with Crippen LogP contribution in [-0.4, -0.2) is 23.6 Å². The lowest BCUT2D eigenvalue weighted by Gasteiger charge is -2.17. The Morgan fingerprint density at radius 2 is 2.06 bits per heavy atom. The molecule has 0 saturated carbocycles. The van der Waals surface area contributed by atoms with Crippen LogP contribution in [0.15, 0.2) is 6.20 Å². The number of rotatable bonds is 5. The molecule has 0 radical (unpaired) electrons. The van der Waals surface area contributed by atoms with E-state index in [1.165, 1.54) is 0 Å². The molecule has 0 spiro atoms. The van der Waals surface area contributed by atoms with Gasteiger partial charge in [-0.25, -0.2) is 9.97 Å². The van der Waals surface area contributed by atoms with Crippen molar-refractivity contribution >= 4 is 0 Å². The van der Waals surface area contributed by atoms with Crippen molar-refractivity contribution in [3.05, 3.63) is 17.5 Å². The minimum atomic E-state index is 0.279. The molecule has 4 nitrogen and oxygen atoms in total. The molecular weight excluding hydrogens is 214 g/mol. The molecule has 0 saturated heterocycles. The molecule has 4 heteroatoms. The lowest BCUT2D eigenvalue weighted by Crippen LogP contribution is -2.13. The van der Waals surface area contributed by atoms with Gasteiger partial charge < -0.3 is 10.1 Å². The van der Waals surface area contributed by atoms with E-state index in [1.807, 2.05) is 20.2 Å². The van der Waals surface area contributed by atoms with Gasteiger partial charge in [0, 0.05) is 24.0 Å². The van der Waals surface area contributed by atoms with Gasteiger partial charge in [-0.2, -0.15) is 0 Å². The monoisotopic (exact) mass is 237 g/mol. The molecule has 1 heterocycles. The van der Waals surface area contributed by atoms with Crippen molar-refractivity contribution in [1.82, 2.24) is 15.3 Å². The molecular formula is C13H23N3O. The van der Waals surface area contributed by atoms with E-state index < -0.39 is 0 Å². The molecule has 0 aromatic carbocycles. The molecule has 0 amide bonds. The molecule has 96 valence electrons. The smallest absolute Gasteiger partial charge is 0.316 e. The molecule has 17 heavy (non-hydrogen) atoms. The van der Waals surface area contributed by atoms with Crippen LogP contribution in [0.5, 0.6) is 6.01 Å². The normalized spacial score (nSPS) is 11.6. The van der Waals surface area contributed by atoms with Crippen molar-refractivity contribution in [2.75, 3.05) is 13.7 Å². The maximum absolute atomic E-state index is 5.55. The standard InChI is InChI=1S/C13H23N3O/c1-10-11(8-14-5)9-15-12(16-10)17-7-6-13(2,3)4/h9,14H,6-8H2,1-5H3. The fourth-order valence-corrected chi connectivity index (χ4v) is 1.35. The minimum absolute atomic E-state index is 0.279. The van der Waals surface area contributed by atoms with Gasteiger partial charge in [0.05, 0.1) is 6.61 Å². The summed E-state index contributed by atoms with van der Waals surface area (Å²) in [7, 11) is 1.91. The van der Waals surface area contributed by atoms with Gasteiger partial charge in [0.1, 0.15) is 0 Å². The first-order chi connectivity index (χ1) is 7.92. The Morgan fingerprint density at radius 1 is 1.35 bits per heavy atom. The third kappa shape index (κ3) is 5.13. The van der Waals surface area contributed by atoms with E-state index in [-0.39, 0.29) is 5.41 Å². The van der Waals surface area contributed by atoms with E-state index in [2.05, 4.69) is 36.1 Å². The van der Waals surface area contributed by atoms with Gasteiger partial charge in [-0.05, 0) is 25.8 Å². The van der Waals surface area contributed by atoms with Crippen LogP contribution in [0.3, 0.4) is 0 Å². The van der Waals surface area contributed by atoms with Crippen molar-refractivity contribution in [3.8, 4) is 6.01 Å². The van der Waals surface area contributed by atoms with Crippen molar-refractivity contribution in [2.24, 2.45) is 5.41 Å². The van der Waals surface area contributed by atoms with Crippen molar-refractivity contribution in [2.45, 2.75) is 40.7 Å². The average Bonchev–Trinajstić information content (AvgIpc) is 2.20. The number of nitrogens with one attached hydrogen (secondary N) is 1. The summed E-state index contributed by atoms with van der Waals surface area (Å²) in [4.78, 5) is 8.54. The van der Waals surface area contributed by atoms with E-state index >= 15 is 0 Å². The fourth-order valence-electron chi connectivity index (χ4n) is 1.35. The molecule has 1 rings (SSSR count). The highest BCUT2D eigenvalue weighted by molar-refractivity contribution is 5.17. The van der Waals surface area contributed by atoms with Crippen LogP contribution in [0.1, 0.15) is 38.4 Å². The van der Waals surface area contributed by atoms with Gasteiger partial charge >= 0.3 is 6.01 Å². The Hall–Kier alpha value is -1.16. The summed E-state index contributed by atoms with van der Waals surface area (Å²) in [6, 6.07) is 0.478. The van der Waals surface area contributed by atoms with Gasteiger partial charge in [0.25, 0.3) is 0 Å². The Bertz CT molecular complexity index is 358. The number of aryl methyl sites for hydroxylation is 1. The molecule has 0 atom stereocenters. The van der Waals surface area contributed by atoms with Gasteiger partial charge in [0.2, 0.25) is 0 Å². The molecule has 1 aromatic heterocycles. The van der Waals surface area contributed by atoms with E-state index in [4.69, 9.17) is 4.74 Å². The largest absolute Gasteiger partial charge is 0.463 e. The summed E-state index contributed by atoms with van der Waals surface area (Å²) in [5.41, 5.74) is 2.36. The van der Waals surface area contributed by atoms with Gasteiger partial charge in [-0.1, -0.05) is 20.8 Å². The number of ether oxygens (including phenoxy) is 1. The predicted octanol–water partition coefficient (Wildman–Crippen LogP) is 2.32. The summed E-state index contributed by atoms with van der Waals surface area (Å²) < 4.78 is 5.55.